The molecule has 2 heterocycles. The number of rotatable bonds is 3. The van der Waals surface area contributed by atoms with Gasteiger partial charge in [0.15, 0.2) is 0 Å². The Morgan fingerprint density at radius 3 is 2.65 bits per heavy atom. The van der Waals surface area contributed by atoms with E-state index in [1.165, 1.54) is 11.3 Å². The van der Waals surface area contributed by atoms with E-state index < -0.39 is 11.8 Å². The molecule has 0 aliphatic carbocycles. The molecule has 0 aliphatic rings. The first-order valence-corrected chi connectivity index (χ1v) is 8.80. The molecule has 2 amide bonds. The summed E-state index contributed by atoms with van der Waals surface area (Å²) in [6.45, 7) is 0.211. The predicted octanol–water partition coefficient (Wildman–Crippen LogP) is 3.10. The molecule has 128 valence electrons. The molecule has 6 nitrogen and oxygen atoms in total. The van der Waals surface area contributed by atoms with Gasteiger partial charge in [-0.05, 0) is 36.4 Å². The summed E-state index contributed by atoms with van der Waals surface area (Å²) in [5, 5.41) is 6.78. The lowest BCUT2D eigenvalue weighted by Crippen LogP contribution is -2.35. The Labute approximate surface area is 152 Å². The van der Waals surface area contributed by atoms with E-state index in [1.54, 1.807) is 24.4 Å². The molecule has 0 saturated carbocycles. The van der Waals surface area contributed by atoms with Crippen molar-refractivity contribution in [3.05, 3.63) is 65.8 Å². The minimum atomic E-state index is -0.720. The van der Waals surface area contributed by atoms with Crippen molar-refractivity contribution < 1.29 is 9.59 Å². The first kappa shape index (κ1) is 16.2. The number of aromatic nitrogens is 2. The van der Waals surface area contributed by atoms with Gasteiger partial charge in [0.05, 0.1) is 28.0 Å². The normalized spacial score (nSPS) is 10.8. The molecule has 0 fully saturated rings. The molecule has 0 radical (unpaired) electrons. The summed E-state index contributed by atoms with van der Waals surface area (Å²) in [6.07, 6.45) is 1.68. The van der Waals surface area contributed by atoms with Crippen LogP contribution in [0, 0.1) is 0 Å². The third kappa shape index (κ3) is 3.25. The summed E-state index contributed by atoms with van der Waals surface area (Å²) in [4.78, 5) is 33.0. The van der Waals surface area contributed by atoms with Gasteiger partial charge in [-0.3, -0.25) is 14.6 Å². The van der Waals surface area contributed by atoms with Crippen molar-refractivity contribution in [1.29, 1.82) is 0 Å². The molecule has 4 rings (SSSR count). The number of pyridine rings is 1. The molecule has 0 bridgehead atoms. The summed E-state index contributed by atoms with van der Waals surface area (Å²) >= 11 is 1.49. The molecule has 0 aliphatic heterocycles. The summed E-state index contributed by atoms with van der Waals surface area (Å²) in [5.41, 5.74) is 2.19. The van der Waals surface area contributed by atoms with E-state index in [0.29, 0.717) is 5.69 Å². The molecule has 26 heavy (non-hydrogen) atoms. The van der Waals surface area contributed by atoms with Crippen LogP contribution in [0.4, 0.5) is 5.69 Å². The van der Waals surface area contributed by atoms with Crippen LogP contribution < -0.4 is 10.6 Å². The van der Waals surface area contributed by atoms with Crippen molar-refractivity contribution in [3.8, 4) is 0 Å². The highest BCUT2D eigenvalue weighted by Gasteiger charge is 2.15. The van der Waals surface area contributed by atoms with Crippen LogP contribution in [-0.4, -0.2) is 21.8 Å². The Hall–Kier alpha value is -3.32. The van der Waals surface area contributed by atoms with E-state index in [4.69, 9.17) is 0 Å². The van der Waals surface area contributed by atoms with E-state index in [2.05, 4.69) is 20.6 Å². The number of nitrogens with zero attached hydrogens (tertiary/aromatic N) is 2. The molecular formula is C19H14N4O2S. The minimum absolute atomic E-state index is 0.211. The number of anilines is 1. The summed E-state index contributed by atoms with van der Waals surface area (Å²) < 4.78 is 1.05. The number of carbonyl (C=O) groups excluding carboxylic acids is 2. The number of thiazole rings is 1. The molecule has 0 atom stereocenters. The standard InChI is InChI=1S/C19H14N4O2S/c24-18(21-11-17-22-15-6-1-2-9-16(15)26-17)19(25)23-14-8-3-7-13-12(14)5-4-10-20-13/h1-10H,11H2,(H,21,24)(H,23,25). The van der Waals surface area contributed by atoms with Gasteiger partial charge in [-0.1, -0.05) is 18.2 Å². The number of hydrogen-bond acceptors (Lipinski definition) is 5. The average molecular weight is 362 g/mol. The number of nitrogens with one attached hydrogen (secondary N) is 2. The fourth-order valence-corrected chi connectivity index (χ4v) is 3.53. The lowest BCUT2D eigenvalue weighted by Gasteiger charge is -2.08. The zero-order chi connectivity index (χ0) is 17.9. The van der Waals surface area contributed by atoms with E-state index in [0.717, 1.165) is 26.1 Å². The predicted molar refractivity (Wildman–Crippen MR) is 102 cm³/mol. The summed E-state index contributed by atoms with van der Waals surface area (Å²) in [7, 11) is 0. The Kier molecular flexibility index (Phi) is 4.28. The topological polar surface area (TPSA) is 84.0 Å². The van der Waals surface area contributed by atoms with E-state index in [1.807, 2.05) is 36.4 Å². The highest BCUT2D eigenvalue weighted by atomic mass is 32.1. The lowest BCUT2D eigenvalue weighted by atomic mass is 10.2. The van der Waals surface area contributed by atoms with Gasteiger partial charge in [-0.25, -0.2) is 4.98 Å². The molecule has 2 aromatic heterocycles. The molecule has 4 aromatic rings. The molecule has 0 spiro atoms. The molecular weight excluding hydrogens is 348 g/mol. The molecule has 2 N–H and O–H groups in total. The first-order chi connectivity index (χ1) is 12.7. The van der Waals surface area contributed by atoms with Crippen LogP contribution in [0.1, 0.15) is 5.01 Å². The highest BCUT2D eigenvalue weighted by Crippen LogP contribution is 2.22. The van der Waals surface area contributed by atoms with Crippen LogP contribution >= 0.6 is 11.3 Å². The van der Waals surface area contributed by atoms with Crippen molar-refractivity contribution in [1.82, 2.24) is 15.3 Å². The zero-order valence-corrected chi connectivity index (χ0v) is 14.4. The maximum Gasteiger partial charge on any atom is 0.313 e. The van der Waals surface area contributed by atoms with Crippen molar-refractivity contribution in [2.45, 2.75) is 6.54 Å². The molecule has 2 aromatic carbocycles. The highest BCUT2D eigenvalue weighted by molar-refractivity contribution is 7.18. The van der Waals surface area contributed by atoms with Crippen LogP contribution in [0.15, 0.2) is 60.8 Å². The van der Waals surface area contributed by atoms with Crippen molar-refractivity contribution in [3.63, 3.8) is 0 Å². The van der Waals surface area contributed by atoms with Crippen LogP contribution in [0.5, 0.6) is 0 Å². The van der Waals surface area contributed by atoms with Gasteiger partial charge in [0.1, 0.15) is 5.01 Å². The largest absolute Gasteiger partial charge is 0.341 e. The minimum Gasteiger partial charge on any atom is -0.341 e. The number of carbonyl (C=O) groups is 2. The van der Waals surface area contributed by atoms with E-state index >= 15 is 0 Å². The summed E-state index contributed by atoms with van der Waals surface area (Å²) in [6, 6.07) is 16.7. The van der Waals surface area contributed by atoms with Crippen LogP contribution in [0.3, 0.4) is 0 Å². The third-order valence-corrected chi connectivity index (χ3v) is 4.87. The van der Waals surface area contributed by atoms with E-state index in [-0.39, 0.29) is 6.54 Å². The fourth-order valence-electron chi connectivity index (χ4n) is 2.62. The van der Waals surface area contributed by atoms with Crippen molar-refractivity contribution >= 4 is 50.0 Å². The average Bonchev–Trinajstić information content (AvgIpc) is 3.09. The second-order valence-corrected chi connectivity index (χ2v) is 6.70. The number of hydrogen-bond donors (Lipinski definition) is 2. The second kappa shape index (κ2) is 6.89. The Morgan fingerprint density at radius 2 is 1.77 bits per heavy atom. The third-order valence-electron chi connectivity index (χ3n) is 3.84. The number of amides is 2. The Balaban J connectivity index is 1.43. The number of para-hydroxylation sites is 1. The van der Waals surface area contributed by atoms with Crippen molar-refractivity contribution in [2.24, 2.45) is 0 Å². The van der Waals surface area contributed by atoms with Gasteiger partial charge in [0, 0.05) is 11.6 Å². The van der Waals surface area contributed by atoms with Gasteiger partial charge in [0.2, 0.25) is 0 Å². The first-order valence-electron chi connectivity index (χ1n) is 7.98. The lowest BCUT2D eigenvalue weighted by molar-refractivity contribution is -0.136. The van der Waals surface area contributed by atoms with Gasteiger partial charge in [0.25, 0.3) is 0 Å². The van der Waals surface area contributed by atoms with Crippen LogP contribution in [-0.2, 0) is 16.1 Å². The quantitative estimate of drug-likeness (QED) is 0.549. The second-order valence-electron chi connectivity index (χ2n) is 5.59. The van der Waals surface area contributed by atoms with E-state index in [9.17, 15) is 9.59 Å². The monoisotopic (exact) mass is 362 g/mol. The van der Waals surface area contributed by atoms with Crippen LogP contribution in [0.2, 0.25) is 0 Å². The van der Waals surface area contributed by atoms with Gasteiger partial charge < -0.3 is 10.6 Å². The molecule has 0 saturated heterocycles. The molecule has 7 heteroatoms. The SMILES string of the molecule is O=C(NCc1nc2ccccc2s1)C(=O)Nc1cccc2ncccc12. The zero-order valence-electron chi connectivity index (χ0n) is 13.6. The van der Waals surface area contributed by atoms with Gasteiger partial charge >= 0.3 is 11.8 Å². The van der Waals surface area contributed by atoms with Gasteiger partial charge in [-0.15, -0.1) is 11.3 Å². The van der Waals surface area contributed by atoms with Gasteiger partial charge in [-0.2, -0.15) is 0 Å². The fraction of sp³-hybridized carbons (Fsp3) is 0.0526. The molecule has 0 unspecified atom stereocenters. The number of benzene rings is 2. The van der Waals surface area contributed by atoms with Crippen LogP contribution in [0.25, 0.3) is 21.1 Å². The Bertz CT molecular complexity index is 1080. The Morgan fingerprint density at radius 1 is 0.923 bits per heavy atom. The smallest absolute Gasteiger partial charge is 0.313 e. The number of fused-ring (bicyclic) bond motifs is 2. The summed E-state index contributed by atoms with van der Waals surface area (Å²) in [5.74, 6) is -1.42. The maximum atomic E-state index is 12.2. The maximum absolute atomic E-state index is 12.2. The van der Waals surface area contributed by atoms with Crippen molar-refractivity contribution in [2.75, 3.05) is 5.32 Å².